The minimum atomic E-state index is -4.39. The van der Waals surface area contributed by atoms with Gasteiger partial charge in [-0.05, 0) is 11.6 Å². The lowest BCUT2D eigenvalue weighted by molar-refractivity contribution is -0.154. The van der Waals surface area contributed by atoms with Crippen LogP contribution in [0.5, 0.6) is 5.88 Å². The van der Waals surface area contributed by atoms with Gasteiger partial charge in [0.1, 0.15) is 0 Å². The molecule has 0 saturated carbocycles. The molecule has 1 aliphatic rings. The van der Waals surface area contributed by atoms with E-state index in [1.165, 1.54) is 12.3 Å². The quantitative estimate of drug-likeness (QED) is 0.666. The Bertz CT molecular complexity index is 516. The molecule has 0 amide bonds. The molecule has 2 rings (SSSR count). The highest BCUT2D eigenvalue weighted by Crippen LogP contribution is 2.17. The van der Waals surface area contributed by atoms with E-state index >= 15 is 0 Å². The average Bonchev–Trinajstić information content (AvgIpc) is 2.51. The summed E-state index contributed by atoms with van der Waals surface area (Å²) in [5.41, 5.74) is 6.54. The fraction of sp³-hybridized carbons (Fsp3) is 0.538. The zero-order valence-electron chi connectivity index (χ0n) is 11.8. The van der Waals surface area contributed by atoms with Crippen molar-refractivity contribution in [2.24, 2.45) is 10.7 Å². The van der Waals surface area contributed by atoms with E-state index in [4.69, 9.17) is 10.5 Å². The summed E-state index contributed by atoms with van der Waals surface area (Å²) in [6.07, 6.45) is -3.02. The molecule has 1 saturated heterocycles. The molecule has 0 aromatic carbocycles. The number of hydrogen-bond donors (Lipinski definition) is 1. The lowest BCUT2D eigenvalue weighted by atomic mass is 10.3. The molecule has 0 unspecified atom stereocenters. The molecule has 2 N–H and O–H groups in total. The first-order valence-electron chi connectivity index (χ1n) is 6.71. The van der Waals surface area contributed by atoms with Gasteiger partial charge in [-0.1, -0.05) is 0 Å². The smallest absolute Gasteiger partial charge is 0.422 e. The average molecular weight is 318 g/mol. The van der Waals surface area contributed by atoms with Crippen molar-refractivity contribution < 1.29 is 22.6 Å². The molecule has 2 heterocycles. The number of morpholine rings is 1. The molecule has 122 valence electrons. The third kappa shape index (κ3) is 5.40. The zero-order chi connectivity index (χ0) is 16.0. The second-order valence-corrected chi connectivity index (χ2v) is 4.68. The highest BCUT2D eigenvalue weighted by molar-refractivity contribution is 5.78. The van der Waals surface area contributed by atoms with Crippen molar-refractivity contribution in [3.05, 3.63) is 23.9 Å². The van der Waals surface area contributed by atoms with Crippen LogP contribution in [-0.2, 0) is 11.3 Å². The van der Waals surface area contributed by atoms with Gasteiger partial charge in [0.25, 0.3) is 0 Å². The molecule has 22 heavy (non-hydrogen) atoms. The lowest BCUT2D eigenvalue weighted by Gasteiger charge is -2.27. The maximum Gasteiger partial charge on any atom is 0.422 e. The van der Waals surface area contributed by atoms with Crippen molar-refractivity contribution in [1.29, 1.82) is 0 Å². The number of aliphatic imine (C=N–C) groups is 1. The van der Waals surface area contributed by atoms with E-state index < -0.39 is 12.8 Å². The topological polar surface area (TPSA) is 73.0 Å². The molecule has 1 fully saturated rings. The molecule has 0 aliphatic carbocycles. The second kappa shape index (κ2) is 7.30. The summed E-state index contributed by atoms with van der Waals surface area (Å²) in [5, 5.41) is 0. The SMILES string of the molecule is NC(=NCc1ccnc(OCC(F)(F)F)c1)N1CCOCC1. The predicted molar refractivity (Wildman–Crippen MR) is 73.5 cm³/mol. The van der Waals surface area contributed by atoms with Crippen LogP contribution in [0, 0.1) is 0 Å². The molecule has 9 heteroatoms. The van der Waals surface area contributed by atoms with E-state index in [0.29, 0.717) is 37.8 Å². The summed E-state index contributed by atoms with van der Waals surface area (Å²) in [6, 6.07) is 3.07. The highest BCUT2D eigenvalue weighted by atomic mass is 19.4. The lowest BCUT2D eigenvalue weighted by Crippen LogP contribution is -2.44. The molecule has 0 atom stereocenters. The van der Waals surface area contributed by atoms with Gasteiger partial charge in [0, 0.05) is 25.4 Å². The van der Waals surface area contributed by atoms with Gasteiger partial charge in [0.15, 0.2) is 12.6 Å². The van der Waals surface area contributed by atoms with Crippen molar-refractivity contribution in [2.75, 3.05) is 32.9 Å². The van der Waals surface area contributed by atoms with E-state index in [1.807, 2.05) is 4.90 Å². The maximum atomic E-state index is 12.1. The van der Waals surface area contributed by atoms with Crippen LogP contribution in [0.15, 0.2) is 23.3 Å². The summed E-state index contributed by atoms with van der Waals surface area (Å²) in [4.78, 5) is 9.85. The minimum Gasteiger partial charge on any atom is -0.468 e. The number of halogens is 3. The van der Waals surface area contributed by atoms with Crippen LogP contribution in [0.3, 0.4) is 0 Å². The van der Waals surface area contributed by atoms with Crippen molar-refractivity contribution in [3.63, 3.8) is 0 Å². The largest absolute Gasteiger partial charge is 0.468 e. The number of nitrogens with zero attached hydrogens (tertiary/aromatic N) is 3. The van der Waals surface area contributed by atoms with Crippen molar-refractivity contribution >= 4 is 5.96 Å². The van der Waals surface area contributed by atoms with E-state index in [2.05, 4.69) is 14.7 Å². The fourth-order valence-corrected chi connectivity index (χ4v) is 1.85. The van der Waals surface area contributed by atoms with Crippen molar-refractivity contribution in [3.8, 4) is 5.88 Å². The molecule has 0 spiro atoms. The van der Waals surface area contributed by atoms with Crippen LogP contribution >= 0.6 is 0 Å². The van der Waals surface area contributed by atoms with Gasteiger partial charge in [-0.25, -0.2) is 9.98 Å². The van der Waals surface area contributed by atoms with Gasteiger partial charge < -0.3 is 20.1 Å². The predicted octanol–water partition coefficient (Wildman–Crippen LogP) is 1.17. The summed E-state index contributed by atoms with van der Waals surface area (Å²) in [5.74, 6) is 0.299. The van der Waals surface area contributed by atoms with Gasteiger partial charge >= 0.3 is 6.18 Å². The molecule has 1 aromatic rings. The first kappa shape index (κ1) is 16.3. The Balaban J connectivity index is 1.92. The maximum absolute atomic E-state index is 12.1. The number of aromatic nitrogens is 1. The van der Waals surface area contributed by atoms with Crippen LogP contribution in [-0.4, -0.2) is 54.9 Å². The van der Waals surface area contributed by atoms with Gasteiger partial charge in [-0.15, -0.1) is 0 Å². The van der Waals surface area contributed by atoms with Gasteiger partial charge in [0.05, 0.1) is 19.8 Å². The van der Waals surface area contributed by atoms with E-state index in [9.17, 15) is 13.2 Å². The van der Waals surface area contributed by atoms with Crippen LogP contribution in [0.2, 0.25) is 0 Å². The molecule has 1 aromatic heterocycles. The normalized spacial score (nSPS) is 16.7. The van der Waals surface area contributed by atoms with Gasteiger partial charge in [-0.3, -0.25) is 0 Å². The standard InChI is InChI=1S/C13H17F3N4O2/c14-13(15,16)9-22-11-7-10(1-2-18-11)8-19-12(17)20-3-5-21-6-4-20/h1-2,7H,3-6,8-9H2,(H2,17,19). The third-order valence-corrected chi connectivity index (χ3v) is 2.94. The van der Waals surface area contributed by atoms with Crippen molar-refractivity contribution in [1.82, 2.24) is 9.88 Å². The molecule has 1 aliphatic heterocycles. The number of alkyl halides is 3. The zero-order valence-corrected chi connectivity index (χ0v) is 11.8. The fourth-order valence-electron chi connectivity index (χ4n) is 1.85. The molecular formula is C13H17F3N4O2. The van der Waals surface area contributed by atoms with Crippen LogP contribution < -0.4 is 10.5 Å². The molecule has 0 bridgehead atoms. The summed E-state index contributed by atoms with van der Waals surface area (Å²) >= 11 is 0. The van der Waals surface area contributed by atoms with E-state index in [-0.39, 0.29) is 12.4 Å². The van der Waals surface area contributed by atoms with Gasteiger partial charge in [-0.2, -0.15) is 13.2 Å². The Kier molecular flexibility index (Phi) is 5.42. The van der Waals surface area contributed by atoms with E-state index in [0.717, 1.165) is 0 Å². The first-order chi connectivity index (χ1) is 10.4. The number of guanidine groups is 1. The molecular weight excluding hydrogens is 301 g/mol. The number of nitrogens with two attached hydrogens (primary N) is 1. The summed E-state index contributed by atoms with van der Waals surface area (Å²) in [6.45, 7) is 1.41. The van der Waals surface area contributed by atoms with Crippen molar-refractivity contribution in [2.45, 2.75) is 12.7 Å². The van der Waals surface area contributed by atoms with Crippen LogP contribution in [0.1, 0.15) is 5.56 Å². The van der Waals surface area contributed by atoms with Crippen LogP contribution in [0.4, 0.5) is 13.2 Å². The Hall–Kier alpha value is -2.03. The van der Waals surface area contributed by atoms with E-state index in [1.54, 1.807) is 6.07 Å². The third-order valence-electron chi connectivity index (χ3n) is 2.94. The van der Waals surface area contributed by atoms with Crippen LogP contribution in [0.25, 0.3) is 0 Å². The Morgan fingerprint density at radius 1 is 1.41 bits per heavy atom. The molecule has 6 nitrogen and oxygen atoms in total. The number of ether oxygens (including phenoxy) is 2. The Labute approximate surface area is 125 Å². The monoisotopic (exact) mass is 318 g/mol. The first-order valence-corrected chi connectivity index (χ1v) is 6.71. The highest BCUT2D eigenvalue weighted by Gasteiger charge is 2.28. The Morgan fingerprint density at radius 2 is 2.14 bits per heavy atom. The minimum absolute atomic E-state index is 0.0880. The number of hydrogen-bond acceptors (Lipinski definition) is 4. The van der Waals surface area contributed by atoms with Gasteiger partial charge in [0.2, 0.25) is 5.88 Å². The summed E-state index contributed by atoms with van der Waals surface area (Å²) in [7, 11) is 0. The summed E-state index contributed by atoms with van der Waals surface area (Å²) < 4.78 is 46.1. The second-order valence-electron chi connectivity index (χ2n) is 4.68. The molecule has 0 radical (unpaired) electrons. The Morgan fingerprint density at radius 3 is 2.82 bits per heavy atom. The number of pyridine rings is 1. The number of rotatable bonds is 4.